The van der Waals surface area contributed by atoms with Gasteiger partial charge in [-0.2, -0.15) is 0 Å². The van der Waals surface area contributed by atoms with Crippen LogP contribution in [-0.2, 0) is 0 Å². The van der Waals surface area contributed by atoms with Crippen LogP contribution in [0, 0.1) is 0 Å². The van der Waals surface area contributed by atoms with Crippen molar-refractivity contribution in [1.82, 2.24) is 39.9 Å². The fourth-order valence-electron chi connectivity index (χ4n) is 16.2. The molecule has 570 valence electrons. The van der Waals surface area contributed by atoms with Gasteiger partial charge in [-0.3, -0.25) is 0 Å². The van der Waals surface area contributed by atoms with Gasteiger partial charge in [0.1, 0.15) is 45.6 Å². The van der Waals surface area contributed by atoms with E-state index in [0.29, 0.717) is 72.3 Å². The Kier molecular flexibility index (Phi) is 29.2. The van der Waals surface area contributed by atoms with E-state index in [4.69, 9.17) is 48.9 Å². The van der Waals surface area contributed by atoms with Crippen LogP contribution in [0.1, 0.15) is 285 Å². The first-order valence-corrected chi connectivity index (χ1v) is 43.1. The summed E-state index contributed by atoms with van der Waals surface area (Å²) in [6.07, 6.45) is 51.3. The van der Waals surface area contributed by atoms with Gasteiger partial charge >= 0.3 is 0 Å². The van der Waals surface area contributed by atoms with E-state index < -0.39 is 0 Å². The van der Waals surface area contributed by atoms with Crippen LogP contribution in [0.25, 0.3) is 133 Å². The van der Waals surface area contributed by atoms with Crippen molar-refractivity contribution < 1.29 is 18.9 Å². The van der Waals surface area contributed by atoms with E-state index in [-0.39, 0.29) is 0 Å². The average Bonchev–Trinajstić information content (AvgIpc) is 1.59. The molecule has 2 aliphatic heterocycles. The van der Waals surface area contributed by atoms with Gasteiger partial charge in [0.2, 0.25) is 0 Å². The Labute approximate surface area is 643 Å². The van der Waals surface area contributed by atoms with Crippen LogP contribution < -0.4 is 18.9 Å². The number of hydrogen-bond acceptors (Lipinski definition) is 10. The topological polar surface area (TPSA) is 146 Å². The third-order valence-electron chi connectivity index (χ3n) is 22.6. The van der Waals surface area contributed by atoms with Gasteiger partial charge in [0.15, 0.2) is 23.3 Å². The summed E-state index contributed by atoms with van der Waals surface area (Å²) in [7, 11) is 0. The third-order valence-corrected chi connectivity index (χ3v) is 22.6. The van der Waals surface area contributed by atoms with E-state index in [9.17, 15) is 0 Å². The number of nitrogens with one attached hydrogen (secondary N) is 2. The minimum atomic E-state index is 0.548. The first-order valence-electron chi connectivity index (χ1n) is 43.1. The lowest BCUT2D eigenvalue weighted by atomic mass is 10.0. The highest BCUT2D eigenvalue weighted by molar-refractivity contribution is 6.13. The number of ether oxygens (including phenoxy) is 4. The standard InChI is InChI=1S/C96H122N8O4/c1-5-9-13-17-21-25-29-33-37-41-53-105-77-49-45-69-61-81-85(65-73(69)57-77)93-99-89(81)97-90-83-63-71-47-51-79(107-55-43-39-35-31-27-23-19-15-11-7-3)59-75(71)67-87(83)95(101-90)104-96-88-68-76-60-80(108-56-44-40-36-32-28-24-20-16-12-8-4)52-48-72(76)64-84(88)92(102-96)98-91-82-62-70-46-50-78(58-74(70)66-86(82)94(100-91)103-93)106-54-42-38-34-30-26-22-18-14-10-6-2/h45-52,57-68H,5-44,53-56H2,1-4H3,(H2,97,98,99,100,101,102,103,104). The van der Waals surface area contributed by atoms with Crippen molar-refractivity contribution in [2.75, 3.05) is 26.4 Å². The highest BCUT2D eigenvalue weighted by Crippen LogP contribution is 2.43. The van der Waals surface area contributed by atoms with E-state index in [1.54, 1.807) is 0 Å². The second-order valence-electron chi connectivity index (χ2n) is 31.4. The smallest absolute Gasteiger partial charge is 0.164 e. The molecule has 5 heterocycles. The second kappa shape index (κ2) is 40.7. The Morgan fingerprint density at radius 3 is 0.639 bits per heavy atom. The van der Waals surface area contributed by atoms with Crippen LogP contribution >= 0.6 is 0 Å². The summed E-state index contributed by atoms with van der Waals surface area (Å²) >= 11 is 0. The zero-order valence-corrected chi connectivity index (χ0v) is 66.0. The molecule has 13 rings (SSSR count). The van der Waals surface area contributed by atoms with E-state index in [1.807, 2.05) is 0 Å². The number of nitrogens with zero attached hydrogens (tertiary/aromatic N) is 6. The summed E-state index contributed by atoms with van der Waals surface area (Å²) in [5.74, 6) is 5.65. The molecule has 12 nitrogen and oxygen atoms in total. The average molecular weight is 1450 g/mol. The highest BCUT2D eigenvalue weighted by Gasteiger charge is 2.25. The first-order chi connectivity index (χ1) is 53.4. The lowest BCUT2D eigenvalue weighted by molar-refractivity contribution is 0.304. The van der Waals surface area contributed by atoms with Crippen molar-refractivity contribution in [2.24, 2.45) is 0 Å². The van der Waals surface area contributed by atoms with E-state index in [2.05, 4.69) is 159 Å². The molecule has 0 aliphatic carbocycles. The SMILES string of the molecule is CCCCCCCCCCCCOc1ccc2cc3c(cc2c1)-c1nc-3nc2[nH]c(nc3nc(nc4[nH]c(n1)c1cc5cc(OCCCCCCCCCCCC)ccc5cc41)-c1cc4ccc(OCCCCCCCCCCCC)cc4cc1-3)c1cc3cc(OCCCCCCCCCCCC)ccc3cc21. The molecule has 3 aromatic heterocycles. The number of fused-ring (bicyclic) bond motifs is 24. The molecule has 0 atom stereocenters. The van der Waals surface area contributed by atoms with Crippen molar-refractivity contribution in [3.8, 4) is 68.5 Å². The van der Waals surface area contributed by atoms with Gasteiger partial charge in [0.05, 0.1) is 26.4 Å². The summed E-state index contributed by atoms with van der Waals surface area (Å²) in [5, 5.41) is 12.1. The Bertz CT molecular complexity index is 4590. The summed E-state index contributed by atoms with van der Waals surface area (Å²) in [5.41, 5.74) is 6.09. The van der Waals surface area contributed by atoms with Crippen molar-refractivity contribution in [3.05, 3.63) is 121 Å². The Hall–Kier alpha value is -8.64. The maximum absolute atomic E-state index is 6.52. The molecule has 0 radical (unpaired) electrons. The van der Waals surface area contributed by atoms with Gasteiger partial charge in [-0.15, -0.1) is 0 Å². The molecule has 0 amide bonds. The van der Waals surface area contributed by atoms with Gasteiger partial charge in [-0.1, -0.05) is 283 Å². The van der Waals surface area contributed by atoms with Gasteiger partial charge in [0.25, 0.3) is 0 Å². The molecule has 8 bridgehead atoms. The molecule has 0 saturated carbocycles. The number of benzene rings is 8. The number of H-pyrrole nitrogens is 2. The quantitative estimate of drug-likeness (QED) is 0.0354. The maximum Gasteiger partial charge on any atom is 0.164 e. The van der Waals surface area contributed by atoms with Crippen LogP contribution in [-0.4, -0.2) is 66.3 Å². The molecular weight excluding hydrogens is 1330 g/mol. The second-order valence-corrected chi connectivity index (χ2v) is 31.4. The molecule has 0 fully saturated rings. The van der Waals surface area contributed by atoms with Crippen molar-refractivity contribution in [1.29, 1.82) is 0 Å². The minimum Gasteiger partial charge on any atom is -0.494 e. The van der Waals surface area contributed by atoms with Crippen molar-refractivity contribution >= 4 is 87.2 Å². The molecule has 2 N–H and O–H groups in total. The van der Waals surface area contributed by atoms with Crippen molar-refractivity contribution in [2.45, 2.75) is 285 Å². The molecule has 0 spiro atoms. The Morgan fingerprint density at radius 1 is 0.204 bits per heavy atom. The monoisotopic (exact) mass is 1450 g/mol. The maximum atomic E-state index is 6.52. The number of unbranched alkanes of at least 4 members (excludes halogenated alkanes) is 36. The van der Waals surface area contributed by atoms with Gasteiger partial charge < -0.3 is 28.9 Å². The summed E-state index contributed by atoms with van der Waals surface area (Å²) in [4.78, 5) is 40.9. The third kappa shape index (κ3) is 21.0. The van der Waals surface area contributed by atoms with Gasteiger partial charge in [0, 0.05) is 43.8 Å². The van der Waals surface area contributed by atoms with Crippen LogP contribution in [0.4, 0.5) is 0 Å². The lowest BCUT2D eigenvalue weighted by Gasteiger charge is -2.09. The summed E-state index contributed by atoms with van der Waals surface area (Å²) in [6.45, 7) is 11.9. The fourth-order valence-corrected chi connectivity index (χ4v) is 16.2. The fraction of sp³-hybridized carbons (Fsp3) is 0.500. The van der Waals surface area contributed by atoms with E-state index in [0.717, 1.165) is 136 Å². The van der Waals surface area contributed by atoms with Crippen LogP contribution in [0.5, 0.6) is 23.0 Å². The number of hydrogen-bond donors (Lipinski definition) is 2. The normalized spacial score (nSPS) is 12.0. The highest BCUT2D eigenvalue weighted by atomic mass is 16.5. The van der Waals surface area contributed by atoms with Crippen LogP contribution in [0.15, 0.2) is 121 Å². The largest absolute Gasteiger partial charge is 0.494 e. The zero-order chi connectivity index (χ0) is 73.9. The molecule has 2 aliphatic rings. The van der Waals surface area contributed by atoms with Crippen molar-refractivity contribution in [3.63, 3.8) is 0 Å². The molecule has 0 unspecified atom stereocenters. The first kappa shape index (κ1) is 77.5. The predicted molar refractivity (Wildman–Crippen MR) is 455 cm³/mol. The van der Waals surface area contributed by atoms with Crippen LogP contribution in [0.3, 0.4) is 0 Å². The van der Waals surface area contributed by atoms with Crippen LogP contribution in [0.2, 0.25) is 0 Å². The van der Waals surface area contributed by atoms with E-state index in [1.165, 1.54) is 231 Å². The van der Waals surface area contributed by atoms with Gasteiger partial charge in [-0.25, -0.2) is 29.9 Å². The molecule has 108 heavy (non-hydrogen) atoms. The lowest BCUT2D eigenvalue weighted by Crippen LogP contribution is -1.97. The molecular formula is C96H122N8O4. The van der Waals surface area contributed by atoms with E-state index >= 15 is 0 Å². The zero-order valence-electron chi connectivity index (χ0n) is 66.0. The Balaban J connectivity index is 0.877. The molecule has 8 aromatic carbocycles. The number of aromatic nitrogens is 8. The summed E-state index contributed by atoms with van der Waals surface area (Å²) < 4.78 is 26.1. The van der Waals surface area contributed by atoms with Gasteiger partial charge in [-0.05, 0) is 166 Å². The number of aromatic amines is 2. The Morgan fingerprint density at radius 2 is 0.398 bits per heavy atom. The summed E-state index contributed by atoms with van der Waals surface area (Å²) in [6, 6.07) is 43.6. The molecule has 12 heteroatoms. The number of rotatable bonds is 48. The minimum absolute atomic E-state index is 0.548. The molecule has 11 aromatic rings. The molecule has 0 saturated heterocycles. The predicted octanol–water partition coefficient (Wildman–Crippen LogP) is 28.7.